The highest BCUT2D eigenvalue weighted by Crippen LogP contribution is 1.96. The first kappa shape index (κ1) is 12.1. The molecule has 1 aromatic rings. The number of rotatable bonds is 1. The van der Waals surface area contributed by atoms with E-state index in [0.29, 0.717) is 5.56 Å². The van der Waals surface area contributed by atoms with E-state index in [9.17, 15) is 9.59 Å². The van der Waals surface area contributed by atoms with Crippen molar-refractivity contribution < 1.29 is 14.3 Å². The number of hydrogen-bond acceptors (Lipinski definition) is 4. The van der Waals surface area contributed by atoms with E-state index in [4.69, 9.17) is 0 Å². The number of amides is 1. The molecule has 1 aromatic heterocycles. The Morgan fingerprint density at radius 3 is 2.43 bits per heavy atom. The molecule has 1 rings (SSSR count). The van der Waals surface area contributed by atoms with E-state index in [0.717, 1.165) is 0 Å². The number of primary amides is 1. The Morgan fingerprint density at radius 1 is 1.50 bits per heavy atom. The third kappa shape index (κ3) is 5.70. The number of pyridine rings is 1. The molecule has 14 heavy (non-hydrogen) atoms. The van der Waals surface area contributed by atoms with Crippen LogP contribution in [0.15, 0.2) is 24.5 Å². The summed E-state index contributed by atoms with van der Waals surface area (Å²) in [5.74, 6) is -0.687. The average molecular weight is 196 g/mol. The van der Waals surface area contributed by atoms with Crippen molar-refractivity contribution in [3.8, 4) is 0 Å². The van der Waals surface area contributed by atoms with Crippen molar-refractivity contribution in [2.75, 3.05) is 7.11 Å². The van der Waals surface area contributed by atoms with Gasteiger partial charge in [0.15, 0.2) is 0 Å². The molecule has 1 amide bonds. The first-order valence-electron chi connectivity index (χ1n) is 3.82. The standard InChI is InChI=1S/C7H7NO2.C2H5NO/c1-10-7(9)6-3-2-4-8-5-6;1-2(3)4/h2-5H,1H3;1H3,(H2,3,4). The van der Waals surface area contributed by atoms with Crippen LogP contribution in [0.5, 0.6) is 0 Å². The lowest BCUT2D eigenvalue weighted by molar-refractivity contribution is -0.115. The number of esters is 1. The van der Waals surface area contributed by atoms with Gasteiger partial charge in [-0.15, -0.1) is 0 Å². The molecule has 0 aliphatic rings. The lowest BCUT2D eigenvalue weighted by atomic mass is 10.3. The molecule has 0 aliphatic carbocycles. The summed E-state index contributed by atoms with van der Waals surface area (Å²) < 4.78 is 4.46. The van der Waals surface area contributed by atoms with Gasteiger partial charge in [-0.3, -0.25) is 9.78 Å². The zero-order chi connectivity index (χ0) is 11.0. The van der Waals surface area contributed by atoms with Crippen molar-refractivity contribution in [3.05, 3.63) is 30.1 Å². The van der Waals surface area contributed by atoms with E-state index in [2.05, 4.69) is 15.5 Å². The van der Waals surface area contributed by atoms with Crippen molar-refractivity contribution in [3.63, 3.8) is 0 Å². The molecule has 2 N–H and O–H groups in total. The first-order valence-corrected chi connectivity index (χ1v) is 3.82. The highest BCUT2D eigenvalue weighted by molar-refractivity contribution is 5.88. The van der Waals surface area contributed by atoms with Crippen LogP contribution in [0.25, 0.3) is 0 Å². The van der Waals surface area contributed by atoms with Crippen LogP contribution in [0.4, 0.5) is 0 Å². The second kappa shape index (κ2) is 6.59. The molecule has 0 radical (unpaired) electrons. The summed E-state index contributed by atoms with van der Waals surface area (Å²) in [6, 6.07) is 3.34. The summed E-state index contributed by atoms with van der Waals surface area (Å²) in [5, 5.41) is 0. The Morgan fingerprint density at radius 2 is 2.07 bits per heavy atom. The lowest BCUT2D eigenvalue weighted by Gasteiger charge is -1.94. The summed E-state index contributed by atoms with van der Waals surface area (Å²) in [4.78, 5) is 23.7. The molecule has 0 bridgehead atoms. The number of nitrogens with two attached hydrogens (primary N) is 1. The van der Waals surface area contributed by atoms with Gasteiger partial charge < -0.3 is 10.5 Å². The minimum atomic E-state index is -0.354. The number of carbonyl (C=O) groups is 2. The molecule has 1 heterocycles. The smallest absolute Gasteiger partial charge is 0.339 e. The van der Waals surface area contributed by atoms with E-state index >= 15 is 0 Å². The summed E-state index contributed by atoms with van der Waals surface area (Å²) in [6.07, 6.45) is 3.07. The number of aromatic nitrogens is 1. The third-order valence-corrected chi connectivity index (χ3v) is 1.08. The molecule has 0 aliphatic heterocycles. The predicted molar refractivity (Wildman–Crippen MR) is 50.4 cm³/mol. The molecule has 5 heteroatoms. The fraction of sp³-hybridized carbons (Fsp3) is 0.222. The van der Waals surface area contributed by atoms with Crippen LogP contribution in [0.1, 0.15) is 17.3 Å². The van der Waals surface area contributed by atoms with Gasteiger partial charge in [-0.1, -0.05) is 0 Å². The molecule has 0 aromatic carbocycles. The van der Waals surface area contributed by atoms with Gasteiger partial charge in [-0.05, 0) is 12.1 Å². The van der Waals surface area contributed by atoms with Crippen LogP contribution in [-0.2, 0) is 9.53 Å². The highest BCUT2D eigenvalue weighted by Gasteiger charge is 2.01. The number of carbonyl (C=O) groups excluding carboxylic acids is 2. The van der Waals surface area contributed by atoms with Crippen LogP contribution in [-0.4, -0.2) is 24.0 Å². The molecule has 0 saturated carbocycles. The van der Waals surface area contributed by atoms with Gasteiger partial charge in [0.2, 0.25) is 5.91 Å². The topological polar surface area (TPSA) is 82.3 Å². The van der Waals surface area contributed by atoms with Gasteiger partial charge in [0.25, 0.3) is 0 Å². The van der Waals surface area contributed by atoms with Gasteiger partial charge in [-0.2, -0.15) is 0 Å². The number of hydrogen-bond donors (Lipinski definition) is 1. The van der Waals surface area contributed by atoms with Crippen molar-refractivity contribution in [1.29, 1.82) is 0 Å². The highest BCUT2D eigenvalue weighted by atomic mass is 16.5. The molecule has 0 fully saturated rings. The zero-order valence-corrected chi connectivity index (χ0v) is 8.06. The van der Waals surface area contributed by atoms with Gasteiger partial charge in [-0.25, -0.2) is 4.79 Å². The molecule has 76 valence electrons. The number of methoxy groups -OCH3 is 1. The summed E-state index contributed by atoms with van der Waals surface area (Å²) in [5.41, 5.74) is 4.95. The molecular formula is C9H12N2O3. The quantitative estimate of drug-likeness (QED) is 0.657. The van der Waals surface area contributed by atoms with Crippen molar-refractivity contribution in [2.24, 2.45) is 5.73 Å². The Bertz CT molecular complexity index is 294. The molecule has 0 spiro atoms. The minimum absolute atomic E-state index is 0.333. The van der Waals surface area contributed by atoms with E-state index in [1.807, 2.05) is 0 Å². The zero-order valence-electron chi connectivity index (χ0n) is 8.06. The van der Waals surface area contributed by atoms with Crippen LogP contribution >= 0.6 is 0 Å². The van der Waals surface area contributed by atoms with E-state index < -0.39 is 0 Å². The molecule has 0 saturated heterocycles. The molecule has 5 nitrogen and oxygen atoms in total. The van der Waals surface area contributed by atoms with Crippen LogP contribution in [0, 0.1) is 0 Å². The van der Waals surface area contributed by atoms with Crippen molar-refractivity contribution in [1.82, 2.24) is 4.98 Å². The number of nitrogens with zero attached hydrogens (tertiary/aromatic N) is 1. The third-order valence-electron chi connectivity index (χ3n) is 1.08. The Labute approximate surface area is 81.9 Å². The second-order valence-corrected chi connectivity index (χ2v) is 2.34. The minimum Gasteiger partial charge on any atom is -0.465 e. The fourth-order valence-corrected chi connectivity index (χ4v) is 0.601. The molecule has 0 atom stereocenters. The van der Waals surface area contributed by atoms with E-state index in [1.165, 1.54) is 20.2 Å². The number of ether oxygens (including phenoxy) is 1. The lowest BCUT2D eigenvalue weighted by Crippen LogP contribution is -2.01. The maximum absolute atomic E-state index is 10.8. The van der Waals surface area contributed by atoms with Crippen LogP contribution < -0.4 is 5.73 Å². The summed E-state index contributed by atoms with van der Waals surface area (Å²) in [7, 11) is 1.34. The molecule has 0 unspecified atom stereocenters. The Kier molecular flexibility index (Phi) is 5.69. The summed E-state index contributed by atoms with van der Waals surface area (Å²) in [6.45, 7) is 1.31. The maximum Gasteiger partial charge on any atom is 0.339 e. The Balaban J connectivity index is 0.000000364. The van der Waals surface area contributed by atoms with Crippen molar-refractivity contribution in [2.45, 2.75) is 6.92 Å². The van der Waals surface area contributed by atoms with Crippen LogP contribution in [0.2, 0.25) is 0 Å². The first-order chi connectivity index (χ1) is 6.57. The average Bonchev–Trinajstić information content (AvgIpc) is 2.17. The van der Waals surface area contributed by atoms with Gasteiger partial charge in [0.05, 0.1) is 12.7 Å². The normalized spacial score (nSPS) is 8.14. The monoisotopic (exact) mass is 196 g/mol. The van der Waals surface area contributed by atoms with Gasteiger partial charge in [0.1, 0.15) is 0 Å². The Hall–Kier alpha value is -1.91. The van der Waals surface area contributed by atoms with Crippen molar-refractivity contribution >= 4 is 11.9 Å². The van der Waals surface area contributed by atoms with Crippen LogP contribution in [0.3, 0.4) is 0 Å². The van der Waals surface area contributed by atoms with Gasteiger partial charge >= 0.3 is 5.97 Å². The van der Waals surface area contributed by atoms with E-state index in [-0.39, 0.29) is 11.9 Å². The van der Waals surface area contributed by atoms with E-state index in [1.54, 1.807) is 18.3 Å². The predicted octanol–water partition coefficient (Wildman–Crippen LogP) is 0.360. The summed E-state index contributed by atoms with van der Waals surface area (Å²) >= 11 is 0. The van der Waals surface area contributed by atoms with Gasteiger partial charge in [0, 0.05) is 19.3 Å². The largest absolute Gasteiger partial charge is 0.465 e. The SMILES string of the molecule is CC(N)=O.COC(=O)c1cccnc1. The molecular weight excluding hydrogens is 184 g/mol. The second-order valence-electron chi connectivity index (χ2n) is 2.34. The fourth-order valence-electron chi connectivity index (χ4n) is 0.601. The maximum atomic E-state index is 10.8.